The maximum atomic E-state index is 12.3. The second-order valence-electron chi connectivity index (χ2n) is 8.83. The van der Waals surface area contributed by atoms with E-state index in [0.29, 0.717) is 29.5 Å². The van der Waals surface area contributed by atoms with Crippen molar-refractivity contribution in [2.24, 2.45) is 0 Å². The zero-order chi connectivity index (χ0) is 26.0. The average molecular weight is 558 g/mol. The molecule has 1 aliphatic heterocycles. The van der Waals surface area contributed by atoms with Crippen molar-refractivity contribution in [1.29, 1.82) is 0 Å². The Morgan fingerprint density at radius 2 is 2.05 bits per heavy atom. The van der Waals surface area contributed by atoms with Gasteiger partial charge in [-0.15, -0.1) is 23.1 Å². The first kappa shape index (κ1) is 27.6. The van der Waals surface area contributed by atoms with Crippen LogP contribution in [0.15, 0.2) is 63.3 Å². The number of carbonyl (C=O) groups is 2. The van der Waals surface area contributed by atoms with Crippen LogP contribution in [0.5, 0.6) is 0 Å². The lowest BCUT2D eigenvalue weighted by molar-refractivity contribution is -0.128. The number of carboxylic acid groups (broad SMARTS) is 1. The van der Waals surface area contributed by atoms with Gasteiger partial charge in [-0.1, -0.05) is 55.0 Å². The lowest BCUT2D eigenvalue weighted by atomic mass is 10.1. The molecule has 1 aliphatic rings. The van der Waals surface area contributed by atoms with E-state index >= 15 is 0 Å². The third-order valence-corrected chi connectivity index (χ3v) is 9.32. The molecule has 2 aromatic heterocycles. The normalized spacial score (nSPS) is 16.7. The minimum absolute atomic E-state index is 0.000620. The molecule has 1 saturated heterocycles. The number of aromatic carboxylic acids is 1. The van der Waals surface area contributed by atoms with Gasteiger partial charge < -0.3 is 15.1 Å². The van der Waals surface area contributed by atoms with Gasteiger partial charge >= 0.3 is 5.97 Å². The summed E-state index contributed by atoms with van der Waals surface area (Å²) in [6, 6.07) is 10.3. The Balaban J connectivity index is 1.13. The molecule has 1 aromatic carbocycles. The van der Waals surface area contributed by atoms with Crippen molar-refractivity contribution in [2.75, 3.05) is 18.1 Å². The number of para-hydroxylation sites is 1. The highest BCUT2D eigenvalue weighted by Gasteiger charge is 2.28. The number of aromatic nitrogens is 2. The summed E-state index contributed by atoms with van der Waals surface area (Å²) in [7, 11) is 0. The first-order chi connectivity index (χ1) is 18.0. The Morgan fingerprint density at radius 1 is 1.19 bits per heavy atom. The monoisotopic (exact) mass is 557 g/mol. The Morgan fingerprint density at radius 3 is 2.89 bits per heavy atom. The van der Waals surface area contributed by atoms with Crippen LogP contribution >= 0.6 is 34.9 Å². The number of benzene rings is 1. The second kappa shape index (κ2) is 13.9. The molecular weight excluding hydrogens is 527 g/mol. The van der Waals surface area contributed by atoms with E-state index in [0.717, 1.165) is 42.3 Å². The van der Waals surface area contributed by atoms with E-state index in [2.05, 4.69) is 34.2 Å². The number of carbonyl (C=O) groups excluding carboxylic acids is 1. The van der Waals surface area contributed by atoms with Crippen molar-refractivity contribution in [2.45, 2.75) is 59.9 Å². The highest BCUT2D eigenvalue weighted by Crippen LogP contribution is 2.28. The van der Waals surface area contributed by atoms with E-state index in [4.69, 9.17) is 5.11 Å². The Kier molecular flexibility index (Phi) is 10.4. The van der Waals surface area contributed by atoms with E-state index in [9.17, 15) is 14.7 Å². The Hall–Kier alpha value is -2.40. The van der Waals surface area contributed by atoms with Crippen molar-refractivity contribution < 1.29 is 19.8 Å². The van der Waals surface area contributed by atoms with Crippen LogP contribution in [0.25, 0.3) is 10.9 Å². The number of thiazole rings is 1. The first-order valence-electron chi connectivity index (χ1n) is 12.5. The van der Waals surface area contributed by atoms with Gasteiger partial charge in [-0.2, -0.15) is 0 Å². The third kappa shape index (κ3) is 8.04. The zero-order valence-corrected chi connectivity index (χ0v) is 22.9. The molecule has 196 valence electrons. The summed E-state index contributed by atoms with van der Waals surface area (Å²) in [4.78, 5) is 34.9. The zero-order valence-electron chi connectivity index (χ0n) is 20.5. The number of hydrogen-bond donors (Lipinski definition) is 2. The predicted octanol–water partition coefficient (Wildman–Crippen LogP) is 5.74. The number of amides is 1. The summed E-state index contributed by atoms with van der Waals surface area (Å²) in [5.41, 5.74) is 1.12. The van der Waals surface area contributed by atoms with Gasteiger partial charge in [-0.25, -0.2) is 9.78 Å². The largest absolute Gasteiger partial charge is 0.476 e. The molecule has 0 bridgehead atoms. The molecule has 37 heavy (non-hydrogen) atoms. The maximum Gasteiger partial charge on any atom is 0.355 e. The highest BCUT2D eigenvalue weighted by atomic mass is 32.2. The van der Waals surface area contributed by atoms with Crippen LogP contribution in [0.3, 0.4) is 0 Å². The van der Waals surface area contributed by atoms with Crippen LogP contribution in [-0.4, -0.2) is 67.2 Å². The second-order valence-corrected chi connectivity index (χ2v) is 12.2. The maximum absolute atomic E-state index is 12.3. The van der Waals surface area contributed by atoms with E-state index in [-0.39, 0.29) is 17.6 Å². The number of rotatable bonds is 14. The fraction of sp³-hybridized carbons (Fsp3) is 0.407. The molecule has 4 rings (SSSR count). The van der Waals surface area contributed by atoms with Gasteiger partial charge in [0, 0.05) is 40.6 Å². The van der Waals surface area contributed by atoms with Crippen LogP contribution in [0.2, 0.25) is 0 Å². The fourth-order valence-electron chi connectivity index (χ4n) is 4.26. The minimum atomic E-state index is -1.03. The van der Waals surface area contributed by atoms with Crippen molar-refractivity contribution in [3.8, 4) is 0 Å². The number of thioether (sulfide) groups is 2. The Bertz CT molecular complexity index is 1230. The molecule has 0 unspecified atom stereocenters. The number of aliphatic hydroxyl groups is 1. The van der Waals surface area contributed by atoms with Crippen LogP contribution in [0.4, 0.5) is 0 Å². The lowest BCUT2D eigenvalue weighted by Crippen LogP contribution is -2.33. The predicted molar refractivity (Wildman–Crippen MR) is 151 cm³/mol. The number of aliphatic hydroxyl groups excluding tert-OH is 1. The van der Waals surface area contributed by atoms with Crippen molar-refractivity contribution >= 4 is 57.6 Å². The quantitative estimate of drug-likeness (QED) is 0.147. The molecule has 3 heterocycles. The molecule has 10 heteroatoms. The Labute approximate surface area is 229 Å². The van der Waals surface area contributed by atoms with Crippen LogP contribution in [-0.2, 0) is 4.79 Å². The van der Waals surface area contributed by atoms with Crippen LogP contribution in [0.1, 0.15) is 49.0 Å². The molecular formula is C27H31N3O4S3. The molecule has 3 aromatic rings. The van der Waals surface area contributed by atoms with Gasteiger partial charge in [-0.05, 0) is 37.1 Å². The van der Waals surface area contributed by atoms with Gasteiger partial charge in [0.1, 0.15) is 0 Å². The third-order valence-electron chi connectivity index (χ3n) is 6.19. The minimum Gasteiger partial charge on any atom is -0.476 e. The number of fused-ring (bicyclic) bond motifs is 1. The van der Waals surface area contributed by atoms with E-state index < -0.39 is 12.1 Å². The van der Waals surface area contributed by atoms with Gasteiger partial charge in [0.15, 0.2) is 10.0 Å². The van der Waals surface area contributed by atoms with Crippen LogP contribution in [0, 0.1) is 0 Å². The molecule has 1 amide bonds. The van der Waals surface area contributed by atoms with E-state index in [1.54, 1.807) is 0 Å². The van der Waals surface area contributed by atoms with E-state index in [1.165, 1.54) is 33.4 Å². The summed E-state index contributed by atoms with van der Waals surface area (Å²) in [5, 5.41) is 22.1. The number of carboxylic acids is 1. The molecule has 7 nitrogen and oxygen atoms in total. The standard InChI is InChI=1S/C27H31N3O4S3/c31-21(8-2-1-3-16-35-23-9-4-6-19-7-5-14-28-25(19)23)12-10-20-11-13-24(32)30(20)15-17-36-27-29-22(18-37-27)26(33)34/h4-7,9-10,12,14,18,20-21,31H,1-3,8,11,13,15-17H2,(H,33,34)/b12-10+/t20-,21-/m0/s1. The fourth-order valence-corrected chi connectivity index (χ4v) is 7.12. The molecule has 1 fully saturated rings. The summed E-state index contributed by atoms with van der Waals surface area (Å²) in [6.45, 7) is 0.570. The SMILES string of the molecule is O=C(O)c1csc(SCCN2C(=O)CC[C@@H]2/C=C/[C@@H](O)CCCCCSc2cccc3cccnc23)n1. The van der Waals surface area contributed by atoms with Gasteiger partial charge in [-0.3, -0.25) is 9.78 Å². The average Bonchev–Trinajstić information content (AvgIpc) is 3.52. The molecule has 2 atom stereocenters. The van der Waals surface area contributed by atoms with E-state index in [1.807, 2.05) is 41.1 Å². The summed E-state index contributed by atoms with van der Waals surface area (Å²) in [5.74, 6) is 0.767. The smallest absolute Gasteiger partial charge is 0.355 e. The van der Waals surface area contributed by atoms with Gasteiger partial charge in [0.25, 0.3) is 0 Å². The number of unbranched alkanes of at least 4 members (excludes halogenated alkanes) is 2. The topological polar surface area (TPSA) is 104 Å². The molecule has 0 aliphatic carbocycles. The van der Waals surface area contributed by atoms with Crippen molar-refractivity contribution in [3.63, 3.8) is 0 Å². The summed E-state index contributed by atoms with van der Waals surface area (Å²) >= 11 is 4.60. The summed E-state index contributed by atoms with van der Waals surface area (Å²) < 4.78 is 0.693. The number of hydrogen-bond acceptors (Lipinski definition) is 8. The number of likely N-dealkylation sites (tertiary alicyclic amines) is 1. The summed E-state index contributed by atoms with van der Waals surface area (Å²) in [6.07, 6.45) is 10.2. The number of pyridine rings is 1. The molecule has 0 saturated carbocycles. The highest BCUT2D eigenvalue weighted by molar-refractivity contribution is 8.01. The van der Waals surface area contributed by atoms with Gasteiger partial charge in [0.2, 0.25) is 5.91 Å². The molecule has 2 N–H and O–H groups in total. The van der Waals surface area contributed by atoms with Crippen molar-refractivity contribution in [1.82, 2.24) is 14.9 Å². The lowest BCUT2D eigenvalue weighted by Gasteiger charge is -2.22. The van der Waals surface area contributed by atoms with Crippen LogP contribution < -0.4 is 0 Å². The number of nitrogens with zero attached hydrogens (tertiary/aromatic N) is 3. The van der Waals surface area contributed by atoms with Gasteiger partial charge in [0.05, 0.1) is 17.7 Å². The molecule has 0 spiro atoms. The first-order valence-corrected chi connectivity index (χ1v) is 15.3. The molecule has 0 radical (unpaired) electrons. The van der Waals surface area contributed by atoms with Crippen molar-refractivity contribution in [3.05, 3.63) is 59.8 Å².